The maximum atomic E-state index is 12.7. The van der Waals surface area contributed by atoms with Gasteiger partial charge in [0.05, 0.1) is 0 Å². The molecule has 0 aliphatic carbocycles. The van der Waals surface area contributed by atoms with E-state index in [1.165, 1.54) is 30.5 Å². The zero-order valence-electron chi connectivity index (χ0n) is 17.4. The van der Waals surface area contributed by atoms with Gasteiger partial charge in [0.2, 0.25) is 0 Å². The molecule has 2 fully saturated rings. The van der Waals surface area contributed by atoms with E-state index in [1.807, 2.05) is 17.0 Å². The van der Waals surface area contributed by atoms with Crippen LogP contribution in [0.4, 0.5) is 16.2 Å². The van der Waals surface area contributed by atoms with E-state index in [-0.39, 0.29) is 6.03 Å². The number of piperidine rings is 1. The molecule has 154 valence electrons. The smallest absolute Gasteiger partial charge is 0.321 e. The van der Waals surface area contributed by atoms with Crippen LogP contribution in [0.2, 0.25) is 0 Å². The molecule has 4 rings (SSSR count). The lowest BCUT2D eigenvalue weighted by Gasteiger charge is -2.38. The summed E-state index contributed by atoms with van der Waals surface area (Å²) in [5.41, 5.74) is 3.46. The monoisotopic (exact) mass is 392 g/mol. The van der Waals surface area contributed by atoms with Crippen molar-refractivity contribution in [3.63, 3.8) is 0 Å². The number of anilines is 2. The number of amides is 2. The number of piperazine rings is 1. The van der Waals surface area contributed by atoms with Crippen molar-refractivity contribution >= 4 is 17.4 Å². The molecule has 5 heteroatoms. The van der Waals surface area contributed by atoms with Gasteiger partial charge in [0.25, 0.3) is 0 Å². The maximum Gasteiger partial charge on any atom is 0.321 e. The van der Waals surface area contributed by atoms with Crippen LogP contribution in [0.5, 0.6) is 0 Å². The summed E-state index contributed by atoms with van der Waals surface area (Å²) < 4.78 is 0. The van der Waals surface area contributed by atoms with Gasteiger partial charge in [0.15, 0.2) is 0 Å². The van der Waals surface area contributed by atoms with Crippen LogP contribution in [0.25, 0.3) is 0 Å². The Morgan fingerprint density at radius 2 is 1.48 bits per heavy atom. The molecule has 0 spiro atoms. The van der Waals surface area contributed by atoms with Gasteiger partial charge in [-0.1, -0.05) is 30.3 Å². The third-order valence-corrected chi connectivity index (χ3v) is 6.27. The number of hydrogen-bond donors (Lipinski definition) is 1. The molecule has 2 heterocycles. The zero-order chi connectivity index (χ0) is 20.1. The van der Waals surface area contributed by atoms with Crippen molar-refractivity contribution in [2.24, 2.45) is 0 Å². The Hall–Kier alpha value is -2.53. The summed E-state index contributed by atoms with van der Waals surface area (Å²) in [6, 6.07) is 19.3. The summed E-state index contributed by atoms with van der Waals surface area (Å²) in [5.74, 6) is 0. The predicted molar refractivity (Wildman–Crippen MR) is 120 cm³/mol. The normalized spacial score (nSPS) is 19.1. The molecule has 2 amide bonds. The number of nitrogens with one attached hydrogen (secondary N) is 1. The Morgan fingerprint density at radius 3 is 2.14 bits per heavy atom. The molecule has 2 aliphatic heterocycles. The van der Waals surface area contributed by atoms with Crippen molar-refractivity contribution in [2.45, 2.75) is 32.2 Å². The fraction of sp³-hybridized carbons (Fsp3) is 0.458. The van der Waals surface area contributed by atoms with Gasteiger partial charge in [-0.15, -0.1) is 0 Å². The van der Waals surface area contributed by atoms with E-state index in [1.54, 1.807) is 0 Å². The molecule has 0 radical (unpaired) electrons. The Labute approximate surface area is 174 Å². The standard InChI is InChI=1S/C24H32N4O/c1-20(21-8-4-2-5-9-21)26-16-18-28(19-17-26)24(29)25-22-10-12-23(13-11-22)27-14-6-3-7-15-27/h2,4-5,8-13,20H,3,6-7,14-19H2,1H3,(H,25,29). The van der Waals surface area contributed by atoms with Crippen molar-refractivity contribution in [3.8, 4) is 0 Å². The first-order chi connectivity index (χ1) is 14.2. The molecule has 2 aromatic rings. The van der Waals surface area contributed by atoms with Crippen molar-refractivity contribution in [2.75, 3.05) is 49.5 Å². The molecular weight excluding hydrogens is 360 g/mol. The van der Waals surface area contributed by atoms with E-state index in [2.05, 4.69) is 64.5 Å². The van der Waals surface area contributed by atoms with E-state index >= 15 is 0 Å². The highest BCUT2D eigenvalue weighted by Gasteiger charge is 2.24. The van der Waals surface area contributed by atoms with Crippen LogP contribution in [0.1, 0.15) is 37.8 Å². The van der Waals surface area contributed by atoms with Crippen LogP contribution in [-0.4, -0.2) is 55.1 Å². The number of hydrogen-bond acceptors (Lipinski definition) is 3. The van der Waals surface area contributed by atoms with Crippen LogP contribution < -0.4 is 10.2 Å². The molecule has 29 heavy (non-hydrogen) atoms. The van der Waals surface area contributed by atoms with Crippen LogP contribution in [-0.2, 0) is 0 Å². The maximum absolute atomic E-state index is 12.7. The highest BCUT2D eigenvalue weighted by Crippen LogP contribution is 2.23. The molecule has 2 aliphatic rings. The van der Waals surface area contributed by atoms with E-state index in [0.29, 0.717) is 6.04 Å². The Bertz CT molecular complexity index is 778. The van der Waals surface area contributed by atoms with Gasteiger partial charge in [0.1, 0.15) is 0 Å². The minimum atomic E-state index is 0.00253. The van der Waals surface area contributed by atoms with Gasteiger partial charge in [-0.3, -0.25) is 4.90 Å². The van der Waals surface area contributed by atoms with E-state index in [4.69, 9.17) is 0 Å². The quantitative estimate of drug-likeness (QED) is 0.827. The molecule has 2 saturated heterocycles. The number of nitrogens with zero attached hydrogens (tertiary/aromatic N) is 3. The van der Waals surface area contributed by atoms with Crippen molar-refractivity contribution in [1.29, 1.82) is 0 Å². The van der Waals surface area contributed by atoms with Gasteiger partial charge in [-0.25, -0.2) is 4.79 Å². The number of benzene rings is 2. The predicted octanol–water partition coefficient (Wildman–Crippen LogP) is 4.59. The first-order valence-electron chi connectivity index (χ1n) is 10.9. The fourth-order valence-electron chi connectivity index (χ4n) is 4.36. The van der Waals surface area contributed by atoms with Gasteiger partial charge in [-0.05, 0) is 56.0 Å². The lowest BCUT2D eigenvalue weighted by molar-refractivity contribution is 0.119. The first-order valence-corrected chi connectivity index (χ1v) is 10.9. The first kappa shape index (κ1) is 19.8. The second-order valence-corrected chi connectivity index (χ2v) is 8.13. The van der Waals surface area contributed by atoms with Gasteiger partial charge in [0, 0.05) is 56.7 Å². The minimum absolute atomic E-state index is 0.00253. The molecular formula is C24H32N4O. The summed E-state index contributed by atoms with van der Waals surface area (Å²) in [6.45, 7) is 7.84. The topological polar surface area (TPSA) is 38.8 Å². The second-order valence-electron chi connectivity index (χ2n) is 8.13. The zero-order valence-corrected chi connectivity index (χ0v) is 17.4. The number of carbonyl (C=O) groups excluding carboxylic acids is 1. The van der Waals surface area contributed by atoms with Gasteiger partial charge >= 0.3 is 6.03 Å². The van der Waals surface area contributed by atoms with Gasteiger partial charge in [-0.2, -0.15) is 0 Å². The van der Waals surface area contributed by atoms with Crippen LogP contribution in [0, 0.1) is 0 Å². The SMILES string of the molecule is CC(c1ccccc1)N1CCN(C(=O)Nc2ccc(N3CCCCC3)cc2)CC1. The van der Waals surface area contributed by atoms with Crippen LogP contribution in [0.15, 0.2) is 54.6 Å². The molecule has 1 N–H and O–H groups in total. The number of rotatable bonds is 4. The molecule has 2 aromatic carbocycles. The van der Waals surface area contributed by atoms with Gasteiger partial charge < -0.3 is 15.1 Å². The fourth-order valence-corrected chi connectivity index (χ4v) is 4.36. The highest BCUT2D eigenvalue weighted by atomic mass is 16.2. The largest absolute Gasteiger partial charge is 0.372 e. The number of urea groups is 1. The Kier molecular flexibility index (Phi) is 6.35. The summed E-state index contributed by atoms with van der Waals surface area (Å²) in [7, 11) is 0. The minimum Gasteiger partial charge on any atom is -0.372 e. The molecule has 5 nitrogen and oxygen atoms in total. The summed E-state index contributed by atoms with van der Waals surface area (Å²) >= 11 is 0. The number of carbonyl (C=O) groups is 1. The molecule has 1 unspecified atom stereocenters. The third kappa shape index (κ3) is 4.91. The average Bonchev–Trinajstić information content (AvgIpc) is 2.80. The molecule has 0 saturated carbocycles. The lowest BCUT2D eigenvalue weighted by Crippen LogP contribution is -2.50. The summed E-state index contributed by atoms with van der Waals surface area (Å²) in [6.07, 6.45) is 3.88. The average molecular weight is 393 g/mol. The van der Waals surface area contributed by atoms with Crippen molar-refractivity contribution < 1.29 is 4.79 Å². The molecule has 0 aromatic heterocycles. The lowest BCUT2D eigenvalue weighted by atomic mass is 10.1. The Balaban J connectivity index is 1.27. The highest BCUT2D eigenvalue weighted by molar-refractivity contribution is 5.89. The summed E-state index contributed by atoms with van der Waals surface area (Å²) in [5, 5.41) is 3.07. The van der Waals surface area contributed by atoms with E-state index in [0.717, 1.165) is 45.0 Å². The summed E-state index contributed by atoms with van der Waals surface area (Å²) in [4.78, 5) is 19.5. The van der Waals surface area contributed by atoms with Crippen LogP contribution in [0.3, 0.4) is 0 Å². The van der Waals surface area contributed by atoms with Crippen molar-refractivity contribution in [1.82, 2.24) is 9.80 Å². The third-order valence-electron chi connectivity index (χ3n) is 6.27. The second kappa shape index (κ2) is 9.31. The molecule has 0 bridgehead atoms. The van der Waals surface area contributed by atoms with Crippen molar-refractivity contribution in [3.05, 3.63) is 60.2 Å². The van der Waals surface area contributed by atoms with E-state index < -0.39 is 0 Å². The van der Waals surface area contributed by atoms with E-state index in [9.17, 15) is 4.79 Å². The van der Waals surface area contributed by atoms with Crippen LogP contribution >= 0.6 is 0 Å². The molecule has 1 atom stereocenters. The Morgan fingerprint density at radius 1 is 0.828 bits per heavy atom.